The highest BCUT2D eigenvalue weighted by atomic mass is 32.1. The van der Waals surface area contributed by atoms with Gasteiger partial charge >= 0.3 is 0 Å². The molecule has 8 heteroatoms. The van der Waals surface area contributed by atoms with Crippen molar-refractivity contribution in [2.75, 3.05) is 25.0 Å². The van der Waals surface area contributed by atoms with E-state index in [1.165, 1.54) is 11.3 Å². The fourth-order valence-corrected chi connectivity index (χ4v) is 4.51. The van der Waals surface area contributed by atoms with Gasteiger partial charge in [-0.15, -0.1) is 10.2 Å². The smallest absolute Gasteiger partial charge is 0.263 e. The second kappa shape index (κ2) is 8.35. The molecule has 2 aromatic heterocycles. The Morgan fingerprint density at radius 3 is 2.67 bits per heavy atom. The first-order valence-electron chi connectivity index (χ1n) is 10.3. The number of piperidine rings is 1. The van der Waals surface area contributed by atoms with Crippen LogP contribution >= 0.6 is 11.3 Å². The summed E-state index contributed by atoms with van der Waals surface area (Å²) in [6.07, 6.45) is 2.11. The summed E-state index contributed by atoms with van der Waals surface area (Å²) in [5.41, 5.74) is -0.896. The van der Waals surface area contributed by atoms with Gasteiger partial charge in [0.15, 0.2) is 5.67 Å². The van der Waals surface area contributed by atoms with E-state index in [4.69, 9.17) is 0 Å². The number of nitrogens with zero attached hydrogens (tertiary/aromatic N) is 4. The molecule has 3 heterocycles. The van der Waals surface area contributed by atoms with Crippen LogP contribution in [0.3, 0.4) is 0 Å². The fraction of sp³-hybridized carbons (Fsp3) is 0.455. The number of halogens is 1. The number of anilines is 1. The second-order valence-corrected chi connectivity index (χ2v) is 9.55. The number of hydrogen-bond acceptors (Lipinski definition) is 6. The van der Waals surface area contributed by atoms with Crippen molar-refractivity contribution in [2.24, 2.45) is 5.92 Å². The van der Waals surface area contributed by atoms with Crippen LogP contribution in [-0.2, 0) is 4.79 Å². The zero-order valence-corrected chi connectivity index (χ0v) is 18.3. The number of carbonyl (C=O) groups is 1. The summed E-state index contributed by atoms with van der Waals surface area (Å²) in [5.74, 6) is 0.288. The molecular weight excluding hydrogens is 401 g/mol. The molecule has 30 heavy (non-hydrogen) atoms. The van der Waals surface area contributed by atoms with Crippen LogP contribution in [0.2, 0.25) is 0 Å². The lowest BCUT2D eigenvalue weighted by atomic mass is 9.92. The summed E-state index contributed by atoms with van der Waals surface area (Å²) in [6.45, 7) is 8.33. The summed E-state index contributed by atoms with van der Waals surface area (Å²) in [7, 11) is 0. The third-order valence-corrected chi connectivity index (χ3v) is 6.30. The van der Waals surface area contributed by atoms with Crippen molar-refractivity contribution < 1.29 is 9.18 Å². The van der Waals surface area contributed by atoms with Gasteiger partial charge in [0.1, 0.15) is 15.8 Å². The van der Waals surface area contributed by atoms with Gasteiger partial charge in [0.25, 0.3) is 5.91 Å². The number of aryl methyl sites for hydroxylation is 1. The number of alkyl halides is 1. The highest BCUT2D eigenvalue weighted by molar-refractivity contribution is 7.14. The van der Waals surface area contributed by atoms with Gasteiger partial charge in [-0.3, -0.25) is 4.79 Å². The molecular formula is C22H26FN5OS. The van der Waals surface area contributed by atoms with Gasteiger partial charge in [0.2, 0.25) is 0 Å². The van der Waals surface area contributed by atoms with E-state index in [2.05, 4.69) is 39.2 Å². The van der Waals surface area contributed by atoms with Crippen LogP contribution in [-0.4, -0.2) is 51.3 Å². The van der Waals surface area contributed by atoms with Crippen LogP contribution < -0.4 is 5.32 Å². The molecule has 1 saturated heterocycles. The molecule has 0 aliphatic carbocycles. The van der Waals surface area contributed by atoms with Gasteiger partial charge in [-0.1, -0.05) is 37.3 Å². The molecule has 0 spiro atoms. The summed E-state index contributed by atoms with van der Waals surface area (Å²) in [4.78, 5) is 19.2. The van der Waals surface area contributed by atoms with Gasteiger partial charge in [0.05, 0.1) is 0 Å². The van der Waals surface area contributed by atoms with Crippen molar-refractivity contribution in [2.45, 2.75) is 39.3 Å². The summed E-state index contributed by atoms with van der Waals surface area (Å²) in [6, 6.07) is 7.70. The molecule has 1 aromatic carbocycles. The SMILES string of the molecule is Cc1nnc(-c2ccc3cnc(NC(=O)C4(F)CCN(CC(C)C)CC4)cc3c2)s1. The Bertz CT molecular complexity index is 1060. The van der Waals surface area contributed by atoms with E-state index in [1.807, 2.05) is 25.1 Å². The molecule has 0 atom stereocenters. The Kier molecular flexibility index (Phi) is 5.79. The van der Waals surface area contributed by atoms with E-state index >= 15 is 4.39 Å². The third kappa shape index (κ3) is 4.49. The number of hydrogen-bond donors (Lipinski definition) is 1. The molecule has 158 valence electrons. The first kappa shape index (κ1) is 20.8. The van der Waals surface area contributed by atoms with Crippen LogP contribution in [0.1, 0.15) is 31.7 Å². The van der Waals surface area contributed by atoms with E-state index in [-0.39, 0.29) is 12.8 Å². The molecule has 1 amide bonds. The van der Waals surface area contributed by atoms with Crippen molar-refractivity contribution in [1.29, 1.82) is 0 Å². The maximum Gasteiger partial charge on any atom is 0.263 e. The zero-order valence-electron chi connectivity index (χ0n) is 17.5. The number of fused-ring (bicyclic) bond motifs is 1. The highest BCUT2D eigenvalue weighted by Gasteiger charge is 2.41. The van der Waals surface area contributed by atoms with E-state index in [0.717, 1.165) is 32.9 Å². The average molecular weight is 428 g/mol. The van der Waals surface area contributed by atoms with E-state index in [9.17, 15) is 4.79 Å². The van der Waals surface area contributed by atoms with Gasteiger partial charge in [-0.25, -0.2) is 9.37 Å². The Balaban J connectivity index is 1.48. The van der Waals surface area contributed by atoms with Crippen LogP contribution in [0.4, 0.5) is 10.2 Å². The minimum Gasteiger partial charge on any atom is -0.308 e. The van der Waals surface area contributed by atoms with E-state index in [1.54, 1.807) is 12.3 Å². The number of rotatable bonds is 5. The molecule has 4 rings (SSSR count). The molecule has 0 saturated carbocycles. The molecule has 1 N–H and O–H groups in total. The summed E-state index contributed by atoms with van der Waals surface area (Å²) in [5, 5.41) is 14.5. The van der Waals surface area contributed by atoms with Gasteiger partial charge in [0, 0.05) is 49.6 Å². The second-order valence-electron chi connectivity index (χ2n) is 8.37. The number of benzene rings is 1. The largest absolute Gasteiger partial charge is 0.308 e. The Labute approximate surface area is 179 Å². The topological polar surface area (TPSA) is 71.0 Å². The lowest BCUT2D eigenvalue weighted by molar-refractivity contribution is -0.130. The predicted molar refractivity (Wildman–Crippen MR) is 118 cm³/mol. The first-order chi connectivity index (χ1) is 14.3. The predicted octanol–water partition coefficient (Wildman–Crippen LogP) is 4.46. The maximum atomic E-state index is 15.3. The zero-order chi connectivity index (χ0) is 21.3. The normalized spacial score (nSPS) is 16.8. The minimum absolute atomic E-state index is 0.208. The first-order valence-corrected chi connectivity index (χ1v) is 11.1. The maximum absolute atomic E-state index is 15.3. The molecule has 1 aliphatic heterocycles. The Hall–Kier alpha value is -2.45. The molecule has 0 radical (unpaired) electrons. The molecule has 6 nitrogen and oxygen atoms in total. The Morgan fingerprint density at radius 2 is 2.00 bits per heavy atom. The Morgan fingerprint density at radius 1 is 1.23 bits per heavy atom. The molecule has 1 aliphatic rings. The van der Waals surface area contributed by atoms with Crippen LogP contribution in [0.5, 0.6) is 0 Å². The molecule has 0 bridgehead atoms. The van der Waals surface area contributed by atoms with Crippen molar-refractivity contribution in [3.63, 3.8) is 0 Å². The van der Waals surface area contributed by atoms with Crippen molar-refractivity contribution in [1.82, 2.24) is 20.1 Å². The molecule has 3 aromatic rings. The van der Waals surface area contributed by atoms with Crippen molar-refractivity contribution in [3.8, 4) is 10.6 Å². The van der Waals surface area contributed by atoms with Crippen molar-refractivity contribution in [3.05, 3.63) is 35.5 Å². The molecule has 0 unspecified atom stereocenters. The monoisotopic (exact) mass is 427 g/mol. The minimum atomic E-state index is -1.85. The average Bonchev–Trinajstić information content (AvgIpc) is 3.15. The van der Waals surface area contributed by atoms with E-state index < -0.39 is 11.6 Å². The van der Waals surface area contributed by atoms with Crippen LogP contribution in [0.25, 0.3) is 21.3 Å². The third-order valence-electron chi connectivity index (χ3n) is 5.42. The highest BCUT2D eigenvalue weighted by Crippen LogP contribution is 2.30. The van der Waals surface area contributed by atoms with Gasteiger partial charge < -0.3 is 10.2 Å². The number of pyridine rings is 1. The van der Waals surface area contributed by atoms with Gasteiger partial charge in [-0.2, -0.15) is 0 Å². The quantitative estimate of drug-likeness (QED) is 0.651. The number of nitrogens with one attached hydrogen (secondary N) is 1. The fourth-order valence-electron chi connectivity index (χ4n) is 3.82. The van der Waals surface area contributed by atoms with Crippen molar-refractivity contribution >= 4 is 33.8 Å². The lowest BCUT2D eigenvalue weighted by Gasteiger charge is -2.36. The number of aromatic nitrogens is 3. The lowest BCUT2D eigenvalue weighted by Crippen LogP contribution is -2.49. The van der Waals surface area contributed by atoms with E-state index in [0.29, 0.717) is 24.8 Å². The summed E-state index contributed by atoms with van der Waals surface area (Å²) < 4.78 is 15.3. The number of likely N-dealkylation sites (tertiary alicyclic amines) is 1. The summed E-state index contributed by atoms with van der Waals surface area (Å²) >= 11 is 1.52. The number of carbonyl (C=O) groups excluding carboxylic acids is 1. The van der Waals surface area contributed by atoms with Crippen LogP contribution in [0, 0.1) is 12.8 Å². The molecule has 1 fully saturated rings. The standard InChI is InChI=1S/C22H26FN5OS/c1-14(2)13-28-8-6-22(23,7-9-28)21(29)25-19-11-18-10-16(4-5-17(18)12-24-19)20-27-26-15(3)30-20/h4-5,10-12,14H,6-9,13H2,1-3H3,(H,24,25,29). The van der Waals surface area contributed by atoms with Crippen LogP contribution in [0.15, 0.2) is 30.5 Å². The number of amides is 1. The van der Waals surface area contributed by atoms with Gasteiger partial charge in [-0.05, 0) is 30.4 Å².